The molecule has 0 aliphatic carbocycles. The standard InChI is InChI=1S/C24H31N3O9S2/c1-33-23-7-6-21(18-22(23)24(28)26-9-14-34-15-10-26)37(29,30)25-8-13-36-19-2-4-20(5-3-19)38(31,32)27-11-16-35-17-12-27/h2-7,18,25H,8-17H2,1H3. The highest BCUT2D eigenvalue weighted by Gasteiger charge is 2.27. The highest BCUT2D eigenvalue weighted by molar-refractivity contribution is 7.89. The van der Waals surface area contributed by atoms with E-state index in [0.29, 0.717) is 58.4 Å². The van der Waals surface area contributed by atoms with E-state index in [9.17, 15) is 21.6 Å². The molecule has 0 bridgehead atoms. The Morgan fingerprint density at radius 3 is 2.13 bits per heavy atom. The molecule has 2 fully saturated rings. The van der Waals surface area contributed by atoms with E-state index in [1.807, 2.05) is 0 Å². The summed E-state index contributed by atoms with van der Waals surface area (Å²) in [5.74, 6) is 0.348. The summed E-state index contributed by atoms with van der Waals surface area (Å²) >= 11 is 0. The van der Waals surface area contributed by atoms with Gasteiger partial charge in [0.15, 0.2) is 0 Å². The Bertz CT molecular complexity index is 1320. The SMILES string of the molecule is COc1ccc(S(=O)(=O)NCCOc2ccc(S(=O)(=O)N3CCOCC3)cc2)cc1C(=O)N1CCOCC1. The van der Waals surface area contributed by atoms with Crippen molar-refractivity contribution in [2.75, 3.05) is 72.9 Å². The number of rotatable bonds is 10. The van der Waals surface area contributed by atoms with Crippen LogP contribution in [0, 0.1) is 0 Å². The summed E-state index contributed by atoms with van der Waals surface area (Å²) in [5, 5.41) is 0. The average molecular weight is 570 g/mol. The van der Waals surface area contributed by atoms with Crippen LogP contribution >= 0.6 is 0 Å². The van der Waals surface area contributed by atoms with Gasteiger partial charge < -0.3 is 23.8 Å². The molecule has 2 heterocycles. The molecule has 2 aromatic rings. The summed E-state index contributed by atoms with van der Waals surface area (Å²) in [6, 6.07) is 10.1. The van der Waals surface area contributed by atoms with E-state index in [2.05, 4.69) is 4.72 Å². The summed E-state index contributed by atoms with van der Waals surface area (Å²) < 4.78 is 76.3. The normalized spacial score (nSPS) is 17.2. The number of nitrogens with one attached hydrogen (secondary N) is 1. The zero-order valence-electron chi connectivity index (χ0n) is 21.0. The topological polar surface area (TPSA) is 141 Å². The summed E-state index contributed by atoms with van der Waals surface area (Å²) in [6.07, 6.45) is 0. The summed E-state index contributed by atoms with van der Waals surface area (Å²) in [4.78, 5) is 14.6. The Kier molecular flexibility index (Phi) is 9.23. The Morgan fingerprint density at radius 1 is 0.895 bits per heavy atom. The molecule has 1 N–H and O–H groups in total. The maximum atomic E-state index is 13.0. The summed E-state index contributed by atoms with van der Waals surface area (Å²) in [5.41, 5.74) is 0.153. The van der Waals surface area contributed by atoms with Crippen molar-refractivity contribution in [3.63, 3.8) is 0 Å². The predicted octanol–water partition coefficient (Wildman–Crippen LogP) is 0.546. The van der Waals surface area contributed by atoms with E-state index in [0.717, 1.165) is 0 Å². The Labute approximate surface area is 222 Å². The lowest BCUT2D eigenvalue weighted by Crippen LogP contribution is -2.40. The van der Waals surface area contributed by atoms with E-state index in [1.165, 1.54) is 53.9 Å². The van der Waals surface area contributed by atoms with Gasteiger partial charge in [-0.05, 0) is 42.5 Å². The molecule has 2 aliphatic rings. The predicted molar refractivity (Wildman–Crippen MR) is 136 cm³/mol. The molecule has 1 amide bonds. The molecule has 0 atom stereocenters. The van der Waals surface area contributed by atoms with Gasteiger partial charge >= 0.3 is 0 Å². The number of morpholine rings is 2. The highest BCUT2D eigenvalue weighted by Crippen LogP contribution is 2.25. The number of benzene rings is 2. The molecule has 4 rings (SSSR count). The number of nitrogens with zero attached hydrogens (tertiary/aromatic N) is 2. The largest absolute Gasteiger partial charge is 0.496 e. The van der Waals surface area contributed by atoms with Crippen molar-refractivity contribution in [1.29, 1.82) is 0 Å². The fourth-order valence-electron chi connectivity index (χ4n) is 4.03. The van der Waals surface area contributed by atoms with Gasteiger partial charge in [0.2, 0.25) is 20.0 Å². The van der Waals surface area contributed by atoms with Gasteiger partial charge in [-0.25, -0.2) is 21.6 Å². The van der Waals surface area contributed by atoms with E-state index < -0.39 is 20.0 Å². The van der Waals surface area contributed by atoms with Crippen LogP contribution in [0.1, 0.15) is 10.4 Å². The molecule has 0 aromatic heterocycles. The van der Waals surface area contributed by atoms with Crippen molar-refractivity contribution >= 4 is 26.0 Å². The van der Waals surface area contributed by atoms with Crippen molar-refractivity contribution in [2.45, 2.75) is 9.79 Å². The first-order valence-electron chi connectivity index (χ1n) is 12.1. The van der Waals surface area contributed by atoms with Crippen molar-refractivity contribution in [3.05, 3.63) is 48.0 Å². The fourth-order valence-corrected chi connectivity index (χ4v) is 6.48. The molecular formula is C24H31N3O9S2. The molecule has 0 saturated carbocycles. The van der Waals surface area contributed by atoms with Crippen molar-refractivity contribution in [1.82, 2.24) is 13.9 Å². The van der Waals surface area contributed by atoms with E-state index in [4.69, 9.17) is 18.9 Å². The Morgan fingerprint density at radius 2 is 1.50 bits per heavy atom. The number of methoxy groups -OCH3 is 1. The van der Waals surface area contributed by atoms with Gasteiger partial charge in [0.1, 0.15) is 18.1 Å². The first-order chi connectivity index (χ1) is 18.2. The van der Waals surface area contributed by atoms with Crippen LogP contribution in [0.2, 0.25) is 0 Å². The van der Waals surface area contributed by atoms with Crippen molar-refractivity contribution in [3.8, 4) is 11.5 Å². The number of hydrogen-bond donors (Lipinski definition) is 1. The Hall–Kier alpha value is -2.75. The first kappa shape index (κ1) is 28.3. The Balaban J connectivity index is 1.34. The molecule has 38 heavy (non-hydrogen) atoms. The van der Waals surface area contributed by atoms with Gasteiger partial charge in [0.05, 0.1) is 48.9 Å². The molecule has 0 radical (unpaired) electrons. The fraction of sp³-hybridized carbons (Fsp3) is 0.458. The highest BCUT2D eigenvalue weighted by atomic mass is 32.2. The third-order valence-corrected chi connectivity index (χ3v) is 9.48. The zero-order chi connectivity index (χ0) is 27.2. The zero-order valence-corrected chi connectivity index (χ0v) is 22.6. The summed E-state index contributed by atoms with van der Waals surface area (Å²) in [6.45, 7) is 2.94. The number of amides is 1. The van der Waals surface area contributed by atoms with Crippen LogP contribution in [-0.4, -0.2) is 105 Å². The third-order valence-electron chi connectivity index (χ3n) is 6.10. The smallest absolute Gasteiger partial charge is 0.257 e. The van der Waals surface area contributed by atoms with Crippen LogP contribution < -0.4 is 14.2 Å². The van der Waals surface area contributed by atoms with E-state index in [-0.39, 0.29) is 40.2 Å². The molecule has 208 valence electrons. The second kappa shape index (κ2) is 12.4. The van der Waals surface area contributed by atoms with E-state index >= 15 is 0 Å². The van der Waals surface area contributed by atoms with Gasteiger partial charge in [-0.1, -0.05) is 0 Å². The minimum absolute atomic E-state index is 0.00447. The molecule has 2 aliphatic heterocycles. The van der Waals surface area contributed by atoms with Gasteiger partial charge in [0, 0.05) is 32.7 Å². The molecular weight excluding hydrogens is 538 g/mol. The van der Waals surface area contributed by atoms with Gasteiger partial charge in [0.25, 0.3) is 5.91 Å². The molecule has 0 unspecified atom stereocenters. The lowest BCUT2D eigenvalue weighted by atomic mass is 10.1. The van der Waals surface area contributed by atoms with Gasteiger partial charge in [-0.2, -0.15) is 4.31 Å². The number of carbonyl (C=O) groups is 1. The maximum absolute atomic E-state index is 13.0. The monoisotopic (exact) mass is 569 g/mol. The number of ether oxygens (including phenoxy) is 4. The molecule has 2 saturated heterocycles. The number of carbonyl (C=O) groups excluding carboxylic acids is 1. The van der Waals surface area contributed by atoms with Gasteiger partial charge in [-0.3, -0.25) is 4.79 Å². The quantitative estimate of drug-likeness (QED) is 0.406. The van der Waals surface area contributed by atoms with Gasteiger partial charge in [-0.15, -0.1) is 0 Å². The van der Waals surface area contributed by atoms with Crippen LogP contribution in [0.3, 0.4) is 0 Å². The third kappa shape index (κ3) is 6.62. The van der Waals surface area contributed by atoms with E-state index in [1.54, 1.807) is 4.90 Å². The molecule has 12 nitrogen and oxygen atoms in total. The molecule has 2 aromatic carbocycles. The lowest BCUT2D eigenvalue weighted by molar-refractivity contribution is 0.0300. The summed E-state index contributed by atoms with van der Waals surface area (Å²) in [7, 11) is -6.14. The molecule has 0 spiro atoms. The van der Waals surface area contributed by atoms with Crippen LogP contribution in [-0.2, 0) is 29.5 Å². The van der Waals surface area contributed by atoms with Crippen molar-refractivity contribution < 1.29 is 40.6 Å². The second-order valence-corrected chi connectivity index (χ2v) is 12.2. The second-order valence-electron chi connectivity index (χ2n) is 8.50. The number of sulfonamides is 2. The minimum atomic E-state index is -3.94. The van der Waals surface area contributed by atoms with Crippen LogP contribution in [0.5, 0.6) is 11.5 Å². The van der Waals surface area contributed by atoms with Crippen LogP contribution in [0.4, 0.5) is 0 Å². The number of hydrogen-bond acceptors (Lipinski definition) is 9. The average Bonchev–Trinajstić information content (AvgIpc) is 2.95. The van der Waals surface area contributed by atoms with Crippen molar-refractivity contribution in [2.24, 2.45) is 0 Å². The molecule has 14 heteroatoms. The maximum Gasteiger partial charge on any atom is 0.257 e. The first-order valence-corrected chi connectivity index (χ1v) is 15.0. The lowest BCUT2D eigenvalue weighted by Gasteiger charge is -2.27. The van der Waals surface area contributed by atoms with Crippen LogP contribution in [0.25, 0.3) is 0 Å². The van der Waals surface area contributed by atoms with Crippen LogP contribution in [0.15, 0.2) is 52.3 Å². The minimum Gasteiger partial charge on any atom is -0.496 e.